The van der Waals surface area contributed by atoms with E-state index in [1.807, 2.05) is 19.0 Å². The molecule has 6 heteroatoms. The first kappa shape index (κ1) is 14.6. The lowest BCUT2D eigenvalue weighted by Gasteiger charge is -2.19. The molecule has 20 heavy (non-hydrogen) atoms. The van der Waals surface area contributed by atoms with E-state index < -0.39 is 0 Å². The maximum atomic E-state index is 12.2. The number of carbonyl (C=O) groups is 1. The van der Waals surface area contributed by atoms with Gasteiger partial charge in [0.25, 0.3) is 5.91 Å². The molecule has 0 unspecified atom stereocenters. The summed E-state index contributed by atoms with van der Waals surface area (Å²) in [6.45, 7) is 0. The normalized spacial score (nSPS) is 10.2. The zero-order chi connectivity index (χ0) is 14.7. The van der Waals surface area contributed by atoms with Crippen LogP contribution in [-0.2, 0) is 0 Å². The Morgan fingerprint density at radius 2 is 2.00 bits per heavy atom. The molecule has 0 aliphatic carbocycles. The van der Waals surface area contributed by atoms with Crippen LogP contribution in [0.25, 0.3) is 0 Å². The van der Waals surface area contributed by atoms with Gasteiger partial charge >= 0.3 is 0 Å². The molecule has 0 atom stereocenters. The van der Waals surface area contributed by atoms with Gasteiger partial charge in [0.1, 0.15) is 5.69 Å². The number of rotatable bonds is 3. The number of para-hydroxylation sites is 1. The Morgan fingerprint density at radius 3 is 2.65 bits per heavy atom. The molecule has 104 valence electrons. The number of carbonyl (C=O) groups excluding carboxylic acids is 1. The van der Waals surface area contributed by atoms with E-state index in [9.17, 15) is 4.79 Å². The van der Waals surface area contributed by atoms with E-state index in [4.69, 9.17) is 23.2 Å². The van der Waals surface area contributed by atoms with E-state index in [1.54, 1.807) is 24.3 Å². The molecule has 0 fully saturated rings. The Morgan fingerprint density at radius 1 is 1.25 bits per heavy atom. The van der Waals surface area contributed by atoms with Crippen molar-refractivity contribution in [2.75, 3.05) is 24.3 Å². The highest BCUT2D eigenvalue weighted by Gasteiger charge is 2.14. The zero-order valence-corrected chi connectivity index (χ0v) is 12.5. The fourth-order valence-corrected chi connectivity index (χ4v) is 2.29. The van der Waals surface area contributed by atoms with E-state index >= 15 is 0 Å². The number of hydrogen-bond donors (Lipinski definition) is 1. The largest absolute Gasteiger partial charge is 0.375 e. The number of halogens is 2. The van der Waals surface area contributed by atoms with Gasteiger partial charge in [-0.25, -0.2) is 0 Å². The molecule has 0 radical (unpaired) electrons. The number of aromatic nitrogens is 1. The predicted molar refractivity (Wildman–Crippen MR) is 83.0 cm³/mol. The standard InChI is InChI=1S/C14H13Cl2N3O/c1-19(2)13-10(16)4-3-5-11(13)18-14(20)12-8-9(15)6-7-17-12/h3-8H,1-2H3,(H,18,20). The Labute approximate surface area is 127 Å². The topological polar surface area (TPSA) is 45.2 Å². The Hall–Kier alpha value is -1.78. The molecule has 1 aromatic carbocycles. The van der Waals surface area contributed by atoms with Crippen LogP contribution in [0.3, 0.4) is 0 Å². The summed E-state index contributed by atoms with van der Waals surface area (Å²) in [4.78, 5) is 18.0. The fraction of sp³-hybridized carbons (Fsp3) is 0.143. The quantitative estimate of drug-likeness (QED) is 0.940. The van der Waals surface area contributed by atoms with E-state index in [1.165, 1.54) is 12.3 Å². The van der Waals surface area contributed by atoms with Crippen molar-refractivity contribution in [2.45, 2.75) is 0 Å². The van der Waals surface area contributed by atoms with Crippen molar-refractivity contribution in [3.63, 3.8) is 0 Å². The Kier molecular flexibility index (Phi) is 4.47. The molecule has 0 aliphatic heterocycles. The van der Waals surface area contributed by atoms with Crippen molar-refractivity contribution in [1.29, 1.82) is 0 Å². The summed E-state index contributed by atoms with van der Waals surface area (Å²) in [5.41, 5.74) is 1.61. The smallest absolute Gasteiger partial charge is 0.274 e. The Balaban J connectivity index is 2.31. The van der Waals surface area contributed by atoms with Gasteiger partial charge < -0.3 is 10.2 Å². The Bertz CT molecular complexity index is 644. The first-order chi connectivity index (χ1) is 9.49. The third kappa shape index (κ3) is 3.21. The highest BCUT2D eigenvalue weighted by atomic mass is 35.5. The van der Waals surface area contributed by atoms with Gasteiger partial charge in [-0.15, -0.1) is 0 Å². The molecule has 0 bridgehead atoms. The van der Waals surface area contributed by atoms with Crippen molar-refractivity contribution >= 4 is 40.5 Å². The number of benzene rings is 1. The number of anilines is 2. The molecule has 2 rings (SSSR count). The van der Waals surface area contributed by atoms with Crippen LogP contribution in [0.1, 0.15) is 10.5 Å². The monoisotopic (exact) mass is 309 g/mol. The number of pyridine rings is 1. The molecule has 4 nitrogen and oxygen atoms in total. The molecule has 1 N–H and O–H groups in total. The summed E-state index contributed by atoms with van der Waals surface area (Å²) in [6.07, 6.45) is 1.49. The number of amides is 1. The third-order valence-corrected chi connectivity index (χ3v) is 3.18. The minimum Gasteiger partial charge on any atom is -0.375 e. The molecule has 0 spiro atoms. The lowest BCUT2D eigenvalue weighted by molar-refractivity contribution is 0.102. The maximum absolute atomic E-state index is 12.2. The molecular weight excluding hydrogens is 297 g/mol. The summed E-state index contributed by atoms with van der Waals surface area (Å²) in [6, 6.07) is 8.45. The average molecular weight is 310 g/mol. The van der Waals surface area contributed by atoms with Crippen LogP contribution in [0.5, 0.6) is 0 Å². The van der Waals surface area contributed by atoms with Gasteiger partial charge in [0.2, 0.25) is 0 Å². The predicted octanol–water partition coefficient (Wildman–Crippen LogP) is 3.71. The van der Waals surface area contributed by atoms with Crippen molar-refractivity contribution in [1.82, 2.24) is 4.98 Å². The van der Waals surface area contributed by atoms with E-state index in [0.717, 1.165) is 5.69 Å². The fourth-order valence-electron chi connectivity index (χ4n) is 1.79. The minimum absolute atomic E-state index is 0.252. The summed E-state index contributed by atoms with van der Waals surface area (Å²) >= 11 is 12.0. The molecule has 1 amide bonds. The second-order valence-corrected chi connectivity index (χ2v) is 5.19. The minimum atomic E-state index is -0.335. The van der Waals surface area contributed by atoms with Crippen LogP contribution in [0.15, 0.2) is 36.5 Å². The second kappa shape index (κ2) is 6.11. The molecule has 0 saturated heterocycles. The van der Waals surface area contributed by atoms with Gasteiger partial charge in [0.15, 0.2) is 0 Å². The highest BCUT2D eigenvalue weighted by Crippen LogP contribution is 2.32. The van der Waals surface area contributed by atoms with Crippen LogP contribution < -0.4 is 10.2 Å². The average Bonchev–Trinajstić information content (AvgIpc) is 2.38. The first-order valence-electron chi connectivity index (χ1n) is 5.88. The second-order valence-electron chi connectivity index (χ2n) is 4.34. The molecular formula is C14H13Cl2N3O. The van der Waals surface area contributed by atoms with Crippen molar-refractivity contribution in [3.05, 3.63) is 52.3 Å². The van der Waals surface area contributed by atoms with Crippen LogP contribution in [0.2, 0.25) is 10.0 Å². The summed E-state index contributed by atoms with van der Waals surface area (Å²) < 4.78 is 0. The molecule has 0 saturated carbocycles. The lowest BCUT2D eigenvalue weighted by atomic mass is 10.2. The molecule has 2 aromatic rings. The van der Waals surface area contributed by atoms with Crippen molar-refractivity contribution in [3.8, 4) is 0 Å². The molecule has 1 aromatic heterocycles. The molecule has 0 aliphatic rings. The molecule has 1 heterocycles. The lowest BCUT2D eigenvalue weighted by Crippen LogP contribution is -2.17. The number of hydrogen-bond acceptors (Lipinski definition) is 3. The summed E-state index contributed by atoms with van der Waals surface area (Å²) in [5, 5.41) is 3.81. The van der Waals surface area contributed by atoms with E-state index in [-0.39, 0.29) is 11.6 Å². The first-order valence-corrected chi connectivity index (χ1v) is 6.63. The van der Waals surface area contributed by atoms with Gasteiger partial charge in [-0.3, -0.25) is 9.78 Å². The van der Waals surface area contributed by atoms with Gasteiger partial charge in [-0.1, -0.05) is 29.3 Å². The summed E-state index contributed by atoms with van der Waals surface area (Å²) in [7, 11) is 3.71. The van der Waals surface area contributed by atoms with Gasteiger partial charge in [0.05, 0.1) is 16.4 Å². The van der Waals surface area contributed by atoms with Crippen LogP contribution >= 0.6 is 23.2 Å². The highest BCUT2D eigenvalue weighted by molar-refractivity contribution is 6.34. The SMILES string of the molecule is CN(C)c1c(Cl)cccc1NC(=O)c1cc(Cl)ccn1. The number of nitrogens with zero attached hydrogens (tertiary/aromatic N) is 2. The maximum Gasteiger partial charge on any atom is 0.274 e. The van der Waals surface area contributed by atoms with Gasteiger partial charge in [-0.2, -0.15) is 0 Å². The van der Waals surface area contributed by atoms with Crippen molar-refractivity contribution < 1.29 is 4.79 Å². The number of nitrogens with one attached hydrogen (secondary N) is 1. The van der Waals surface area contributed by atoms with Crippen LogP contribution in [0.4, 0.5) is 11.4 Å². The van der Waals surface area contributed by atoms with E-state index in [2.05, 4.69) is 10.3 Å². The zero-order valence-electron chi connectivity index (χ0n) is 11.0. The summed E-state index contributed by atoms with van der Waals surface area (Å²) in [5.74, 6) is -0.335. The van der Waals surface area contributed by atoms with Crippen LogP contribution in [0, 0.1) is 0 Å². The van der Waals surface area contributed by atoms with E-state index in [0.29, 0.717) is 15.7 Å². The van der Waals surface area contributed by atoms with Crippen molar-refractivity contribution in [2.24, 2.45) is 0 Å². The van der Waals surface area contributed by atoms with Gasteiger partial charge in [0, 0.05) is 25.3 Å². The van der Waals surface area contributed by atoms with Gasteiger partial charge in [-0.05, 0) is 24.3 Å². The van der Waals surface area contributed by atoms with Crippen LogP contribution in [-0.4, -0.2) is 25.0 Å². The third-order valence-electron chi connectivity index (χ3n) is 2.64.